The Labute approximate surface area is 204 Å². The van der Waals surface area contributed by atoms with Crippen LogP contribution >= 0.6 is 0 Å². The number of methoxy groups -OCH3 is 1. The van der Waals surface area contributed by atoms with Crippen molar-refractivity contribution in [1.82, 2.24) is 14.6 Å². The zero-order chi connectivity index (χ0) is 24.4. The van der Waals surface area contributed by atoms with Crippen molar-refractivity contribution in [2.45, 2.75) is 63.5 Å². The normalized spacial score (nSPS) is 21.5. The van der Waals surface area contributed by atoms with Crippen molar-refractivity contribution in [3.63, 3.8) is 0 Å². The second kappa shape index (κ2) is 10.0. The largest absolute Gasteiger partial charge is 0.498 e. The number of alkyl halides is 1. The van der Waals surface area contributed by atoms with E-state index in [0.29, 0.717) is 17.3 Å². The van der Waals surface area contributed by atoms with Gasteiger partial charge in [-0.3, -0.25) is 0 Å². The highest BCUT2D eigenvalue weighted by Crippen LogP contribution is 2.39. The molecule has 1 atom stereocenters. The Bertz CT molecular complexity index is 1290. The lowest BCUT2D eigenvalue weighted by atomic mass is 9.83. The Morgan fingerprint density at radius 1 is 1.06 bits per heavy atom. The molecule has 0 amide bonds. The number of ether oxygens (including phenoxy) is 1. The minimum atomic E-state index is -1.24. The Balaban J connectivity index is 1.57. The van der Waals surface area contributed by atoms with Gasteiger partial charge in [-0.1, -0.05) is 43.6 Å². The van der Waals surface area contributed by atoms with Gasteiger partial charge >= 0.3 is 5.97 Å². The van der Waals surface area contributed by atoms with Crippen LogP contribution in [0, 0.1) is 0 Å². The lowest BCUT2D eigenvalue weighted by Gasteiger charge is -2.25. The monoisotopic (exact) mass is 475 g/mol. The minimum Gasteiger partial charge on any atom is -0.498 e. The molecule has 2 aromatic heterocycles. The summed E-state index contributed by atoms with van der Waals surface area (Å²) >= 11 is 0. The molecule has 1 fully saturated rings. The lowest BCUT2D eigenvalue weighted by Crippen LogP contribution is -2.14. The highest BCUT2D eigenvalue weighted by molar-refractivity contribution is 5.94. The maximum Gasteiger partial charge on any atom is 0.341 e. The summed E-state index contributed by atoms with van der Waals surface area (Å²) in [4.78, 5) is 16.3. The number of halogens is 1. The second-order valence-corrected chi connectivity index (χ2v) is 9.38. The number of fused-ring (bicyclic) bond motifs is 1. The van der Waals surface area contributed by atoms with Gasteiger partial charge in [0.1, 0.15) is 11.3 Å². The smallest absolute Gasteiger partial charge is 0.341 e. The third-order valence-electron chi connectivity index (χ3n) is 7.26. The molecule has 0 bridgehead atoms. The van der Waals surface area contributed by atoms with E-state index in [1.54, 1.807) is 10.6 Å². The van der Waals surface area contributed by atoms with Gasteiger partial charge in [-0.05, 0) is 61.0 Å². The van der Waals surface area contributed by atoms with E-state index in [1.165, 1.54) is 31.4 Å². The molecular formula is C28H30FN3O3. The fraction of sp³-hybridized carbons (Fsp3) is 0.393. The van der Waals surface area contributed by atoms with Gasteiger partial charge in [0.05, 0.1) is 19.0 Å². The first-order valence-corrected chi connectivity index (χ1v) is 12.4. The van der Waals surface area contributed by atoms with Crippen LogP contribution < -0.4 is 0 Å². The molecule has 182 valence electrons. The zero-order valence-corrected chi connectivity index (χ0v) is 19.9. The van der Waals surface area contributed by atoms with Crippen LogP contribution in [0.3, 0.4) is 0 Å². The molecule has 3 aliphatic rings. The van der Waals surface area contributed by atoms with E-state index >= 15 is 0 Å². The van der Waals surface area contributed by atoms with E-state index in [4.69, 9.17) is 4.74 Å². The van der Waals surface area contributed by atoms with E-state index in [0.717, 1.165) is 67.3 Å². The summed E-state index contributed by atoms with van der Waals surface area (Å²) in [6, 6.07) is 0. The molecule has 2 heterocycles. The van der Waals surface area contributed by atoms with Crippen LogP contribution in [0.2, 0.25) is 0 Å². The van der Waals surface area contributed by atoms with Crippen LogP contribution in [0.5, 0.6) is 0 Å². The highest BCUT2D eigenvalue weighted by atomic mass is 19.1. The van der Waals surface area contributed by atoms with Gasteiger partial charge in [-0.25, -0.2) is 18.7 Å². The summed E-state index contributed by atoms with van der Waals surface area (Å²) in [5.74, 6) is -0.384. The summed E-state index contributed by atoms with van der Waals surface area (Å²) in [6.45, 7) is 0. The summed E-state index contributed by atoms with van der Waals surface area (Å²) in [5, 5.41) is 14.1. The number of carboxylic acid groups (broad SMARTS) is 1. The molecule has 1 N–H and O–H groups in total. The number of hydrogen-bond acceptors (Lipinski definition) is 4. The molecule has 1 unspecified atom stereocenters. The Morgan fingerprint density at radius 3 is 2.60 bits per heavy atom. The number of allylic oxidation sites excluding steroid dienone is 9. The van der Waals surface area contributed by atoms with Gasteiger partial charge < -0.3 is 9.84 Å². The number of aromatic carboxylic acids is 1. The third-order valence-corrected chi connectivity index (χ3v) is 7.26. The molecule has 0 aromatic carbocycles. The number of nitrogens with zero attached hydrogens (tertiary/aromatic N) is 3. The topological polar surface area (TPSA) is 76.7 Å². The van der Waals surface area contributed by atoms with Crippen molar-refractivity contribution in [1.29, 1.82) is 0 Å². The van der Waals surface area contributed by atoms with Crippen molar-refractivity contribution in [2.24, 2.45) is 0 Å². The maximum absolute atomic E-state index is 14.2. The first-order valence-electron chi connectivity index (χ1n) is 12.4. The van der Waals surface area contributed by atoms with Crippen molar-refractivity contribution in [3.05, 3.63) is 82.6 Å². The first-order chi connectivity index (χ1) is 17.1. The molecule has 1 saturated carbocycles. The van der Waals surface area contributed by atoms with Crippen LogP contribution in [-0.2, 0) is 4.74 Å². The first kappa shape index (κ1) is 23.3. The highest BCUT2D eigenvalue weighted by Gasteiger charge is 2.26. The van der Waals surface area contributed by atoms with E-state index in [2.05, 4.69) is 22.2 Å². The van der Waals surface area contributed by atoms with Gasteiger partial charge in [-0.15, -0.1) is 0 Å². The van der Waals surface area contributed by atoms with Crippen molar-refractivity contribution in [2.75, 3.05) is 7.11 Å². The lowest BCUT2D eigenvalue weighted by molar-refractivity contribution is 0.0698. The van der Waals surface area contributed by atoms with Gasteiger partial charge in [0, 0.05) is 17.7 Å². The van der Waals surface area contributed by atoms with E-state index in [1.807, 2.05) is 18.3 Å². The van der Waals surface area contributed by atoms with Crippen LogP contribution in [0.4, 0.5) is 4.39 Å². The van der Waals surface area contributed by atoms with Gasteiger partial charge in [0.15, 0.2) is 11.8 Å². The summed E-state index contributed by atoms with van der Waals surface area (Å²) in [6.07, 6.45) is 21.6. The molecule has 5 rings (SSSR count). The van der Waals surface area contributed by atoms with Crippen molar-refractivity contribution in [3.8, 4) is 0 Å². The Morgan fingerprint density at radius 2 is 1.83 bits per heavy atom. The van der Waals surface area contributed by atoms with Crippen molar-refractivity contribution >= 4 is 17.2 Å². The summed E-state index contributed by atoms with van der Waals surface area (Å²) < 4.78 is 21.1. The average Bonchev–Trinajstić information content (AvgIpc) is 3.03. The van der Waals surface area contributed by atoms with Gasteiger partial charge in [0.2, 0.25) is 0 Å². The number of carboxylic acids is 1. The van der Waals surface area contributed by atoms with Crippen LogP contribution in [-0.4, -0.2) is 39.0 Å². The SMILES string of the molecule is COC1=CC=C(C2=CC=C(c3cnc4c(C(=O)O)cnn4c3C3CCCCC3)CCC2)C=CC1F. The summed E-state index contributed by atoms with van der Waals surface area (Å²) in [5.41, 5.74) is 5.98. The van der Waals surface area contributed by atoms with Gasteiger partial charge in [0.25, 0.3) is 0 Å². The molecule has 6 nitrogen and oxygen atoms in total. The van der Waals surface area contributed by atoms with E-state index < -0.39 is 12.1 Å². The average molecular weight is 476 g/mol. The fourth-order valence-electron chi connectivity index (χ4n) is 5.41. The molecule has 0 radical (unpaired) electrons. The quantitative estimate of drug-likeness (QED) is 0.547. The third kappa shape index (κ3) is 4.59. The standard InChI is InChI=1S/C28H30FN3O3/c1-35-25-15-13-19(12-14-24(25)29)18-8-5-9-20(11-10-18)22-16-30-27-23(28(33)34)17-31-32(27)26(22)21-6-3-2-4-7-21/h10-17,21,24H,2-9H2,1H3,(H,33,34). The number of aromatic nitrogens is 3. The fourth-order valence-corrected chi connectivity index (χ4v) is 5.41. The molecule has 0 saturated heterocycles. The molecule has 2 aromatic rings. The second-order valence-electron chi connectivity index (χ2n) is 9.38. The van der Waals surface area contributed by atoms with Gasteiger partial charge in [-0.2, -0.15) is 5.10 Å². The van der Waals surface area contributed by atoms with E-state index in [-0.39, 0.29) is 5.56 Å². The number of carbonyl (C=O) groups is 1. The molecule has 3 aliphatic carbocycles. The Kier molecular flexibility index (Phi) is 6.66. The maximum atomic E-state index is 14.2. The van der Waals surface area contributed by atoms with E-state index in [9.17, 15) is 14.3 Å². The van der Waals surface area contributed by atoms with Crippen LogP contribution in [0.25, 0.3) is 11.2 Å². The van der Waals surface area contributed by atoms with Crippen LogP contribution in [0.1, 0.15) is 78.9 Å². The summed E-state index contributed by atoms with van der Waals surface area (Å²) in [7, 11) is 1.48. The molecular weight excluding hydrogens is 445 g/mol. The Hall–Kier alpha value is -3.48. The molecule has 35 heavy (non-hydrogen) atoms. The number of hydrogen-bond donors (Lipinski definition) is 1. The molecule has 0 aliphatic heterocycles. The molecule has 7 heteroatoms. The molecule has 0 spiro atoms. The predicted molar refractivity (Wildman–Crippen MR) is 133 cm³/mol. The predicted octanol–water partition coefficient (Wildman–Crippen LogP) is 6.33. The van der Waals surface area contributed by atoms with Crippen molar-refractivity contribution < 1.29 is 19.0 Å². The number of rotatable bonds is 5. The minimum absolute atomic E-state index is 0.132. The zero-order valence-electron chi connectivity index (χ0n) is 19.9. The van der Waals surface area contributed by atoms with Crippen LogP contribution in [0.15, 0.2) is 65.8 Å².